The zero-order chi connectivity index (χ0) is 19.4. The number of carboxylic acids is 1. The number of nitrogens with one attached hydrogen (secondary N) is 1. The first-order valence-corrected chi connectivity index (χ1v) is 10.5. The number of para-hydroxylation sites is 1. The minimum atomic E-state index is -3.45. The van der Waals surface area contributed by atoms with Gasteiger partial charge in [-0.2, -0.15) is 0 Å². The fourth-order valence-corrected chi connectivity index (χ4v) is 3.77. The average Bonchev–Trinajstić information content (AvgIpc) is 2.68. The van der Waals surface area contributed by atoms with Crippen molar-refractivity contribution >= 4 is 33.1 Å². The van der Waals surface area contributed by atoms with Crippen LogP contribution in [0.4, 0.5) is 17.1 Å². The molecule has 0 aliphatic carbocycles. The van der Waals surface area contributed by atoms with E-state index in [2.05, 4.69) is 21.8 Å². The second kappa shape index (κ2) is 7.87. The van der Waals surface area contributed by atoms with E-state index < -0.39 is 16.0 Å². The maximum Gasteiger partial charge on any atom is 0.337 e. The van der Waals surface area contributed by atoms with Gasteiger partial charge in [0.25, 0.3) is 0 Å². The molecule has 1 heterocycles. The highest BCUT2D eigenvalue weighted by Crippen LogP contribution is 2.27. The molecule has 1 fully saturated rings. The summed E-state index contributed by atoms with van der Waals surface area (Å²) in [4.78, 5) is 16.0. The molecule has 1 saturated heterocycles. The van der Waals surface area contributed by atoms with E-state index in [-0.39, 0.29) is 17.0 Å². The van der Waals surface area contributed by atoms with Gasteiger partial charge in [-0.15, -0.1) is 0 Å². The second-order valence-corrected chi connectivity index (χ2v) is 8.36. The van der Waals surface area contributed by atoms with Gasteiger partial charge in [-0.05, 0) is 37.3 Å². The first-order chi connectivity index (χ1) is 12.9. The lowest BCUT2D eigenvalue weighted by Gasteiger charge is -2.38. The highest BCUT2D eigenvalue weighted by Gasteiger charge is 2.22. The van der Waals surface area contributed by atoms with Gasteiger partial charge in [0.05, 0.1) is 17.0 Å². The highest BCUT2D eigenvalue weighted by atomic mass is 32.2. The van der Waals surface area contributed by atoms with E-state index in [1.165, 1.54) is 13.0 Å². The minimum Gasteiger partial charge on any atom is -0.478 e. The van der Waals surface area contributed by atoms with E-state index in [9.17, 15) is 18.3 Å². The predicted molar refractivity (Wildman–Crippen MR) is 107 cm³/mol. The largest absolute Gasteiger partial charge is 0.478 e. The molecule has 2 N–H and O–H groups in total. The van der Waals surface area contributed by atoms with Crippen molar-refractivity contribution in [2.24, 2.45) is 0 Å². The predicted octanol–water partition coefficient (Wildman–Crippen LogP) is 2.47. The third-order valence-corrected chi connectivity index (χ3v) is 5.93. The first-order valence-electron chi connectivity index (χ1n) is 8.82. The molecule has 2 aromatic rings. The average molecular weight is 389 g/mol. The number of anilines is 3. The van der Waals surface area contributed by atoms with Crippen molar-refractivity contribution in [2.75, 3.05) is 46.5 Å². The van der Waals surface area contributed by atoms with Gasteiger partial charge in [0, 0.05) is 37.6 Å². The normalized spacial score (nSPS) is 14.9. The molecule has 0 radical (unpaired) electrons. The number of aromatic carboxylic acids is 1. The number of carboxylic acid groups (broad SMARTS) is 1. The molecule has 0 atom stereocenters. The van der Waals surface area contributed by atoms with Crippen LogP contribution in [0.5, 0.6) is 0 Å². The topological polar surface area (TPSA) is 90.0 Å². The summed E-state index contributed by atoms with van der Waals surface area (Å²) in [6, 6.07) is 14.8. The summed E-state index contributed by atoms with van der Waals surface area (Å²) in [5, 5.41) is 9.59. The molecule has 0 aromatic heterocycles. The lowest BCUT2D eigenvalue weighted by Crippen LogP contribution is -2.47. The summed E-state index contributed by atoms with van der Waals surface area (Å²) in [5.74, 6) is -1.15. The molecule has 27 heavy (non-hydrogen) atoms. The number of hydrogen-bond donors (Lipinski definition) is 2. The van der Waals surface area contributed by atoms with Crippen LogP contribution < -0.4 is 14.5 Å². The summed E-state index contributed by atoms with van der Waals surface area (Å²) < 4.78 is 25.9. The van der Waals surface area contributed by atoms with Crippen molar-refractivity contribution in [3.05, 3.63) is 54.1 Å². The van der Waals surface area contributed by atoms with Gasteiger partial charge in [-0.1, -0.05) is 18.2 Å². The molecular weight excluding hydrogens is 366 g/mol. The molecule has 1 aliphatic rings. The van der Waals surface area contributed by atoms with E-state index in [1.807, 2.05) is 23.1 Å². The SMILES string of the molecule is CCS(=O)(=O)Nc1ccc(N2CCN(c3ccccc3)CC2)c(C(=O)O)c1. The number of hydrogen-bond acceptors (Lipinski definition) is 5. The van der Waals surface area contributed by atoms with Gasteiger partial charge < -0.3 is 14.9 Å². The van der Waals surface area contributed by atoms with Gasteiger partial charge in [-0.25, -0.2) is 13.2 Å². The lowest BCUT2D eigenvalue weighted by molar-refractivity contribution is 0.0697. The molecule has 1 aliphatic heterocycles. The third-order valence-electron chi connectivity index (χ3n) is 4.62. The second-order valence-electron chi connectivity index (χ2n) is 6.35. The van der Waals surface area contributed by atoms with Crippen molar-refractivity contribution in [2.45, 2.75) is 6.92 Å². The number of sulfonamides is 1. The molecule has 2 aromatic carbocycles. The highest BCUT2D eigenvalue weighted by molar-refractivity contribution is 7.92. The smallest absolute Gasteiger partial charge is 0.337 e. The summed E-state index contributed by atoms with van der Waals surface area (Å²) >= 11 is 0. The van der Waals surface area contributed by atoms with Gasteiger partial charge in [0.1, 0.15) is 0 Å². The lowest BCUT2D eigenvalue weighted by atomic mass is 10.1. The summed E-state index contributed by atoms with van der Waals surface area (Å²) in [7, 11) is -3.45. The van der Waals surface area contributed by atoms with Crippen molar-refractivity contribution in [1.29, 1.82) is 0 Å². The Morgan fingerprint density at radius 2 is 1.67 bits per heavy atom. The fraction of sp³-hybridized carbons (Fsp3) is 0.316. The molecular formula is C19H23N3O4S. The quantitative estimate of drug-likeness (QED) is 0.789. The maximum absolute atomic E-state index is 11.7. The van der Waals surface area contributed by atoms with Crippen LogP contribution in [0.1, 0.15) is 17.3 Å². The minimum absolute atomic E-state index is 0.0708. The van der Waals surface area contributed by atoms with Gasteiger partial charge in [-0.3, -0.25) is 4.72 Å². The van der Waals surface area contributed by atoms with Crippen LogP contribution >= 0.6 is 0 Å². The monoisotopic (exact) mass is 389 g/mol. The Kier molecular flexibility index (Phi) is 5.55. The molecule has 0 amide bonds. The summed E-state index contributed by atoms with van der Waals surface area (Å²) in [6.07, 6.45) is 0. The fourth-order valence-electron chi connectivity index (χ4n) is 3.14. The van der Waals surface area contributed by atoms with Crippen molar-refractivity contribution in [1.82, 2.24) is 0 Å². The molecule has 7 nitrogen and oxygen atoms in total. The Labute approximate surface area is 159 Å². The Morgan fingerprint density at radius 3 is 2.26 bits per heavy atom. The van der Waals surface area contributed by atoms with E-state index in [0.29, 0.717) is 18.8 Å². The van der Waals surface area contributed by atoms with Crippen LogP contribution in [0.2, 0.25) is 0 Å². The molecule has 3 rings (SSSR count). The first kappa shape index (κ1) is 19.0. The Balaban J connectivity index is 1.78. The molecule has 0 unspecified atom stereocenters. The standard InChI is InChI=1S/C19H23N3O4S/c1-2-27(25,26)20-15-8-9-18(17(14-15)19(23)24)22-12-10-21(11-13-22)16-6-4-3-5-7-16/h3-9,14,20H,2,10-13H2,1H3,(H,23,24). The third kappa shape index (κ3) is 4.51. The molecule has 0 bridgehead atoms. The van der Waals surface area contributed by atoms with Crippen LogP contribution in [0.15, 0.2) is 48.5 Å². The van der Waals surface area contributed by atoms with Gasteiger partial charge in [0.15, 0.2) is 0 Å². The van der Waals surface area contributed by atoms with Crippen LogP contribution in [-0.4, -0.2) is 51.4 Å². The Hall–Kier alpha value is -2.74. The van der Waals surface area contributed by atoms with Gasteiger partial charge >= 0.3 is 5.97 Å². The molecule has 8 heteroatoms. The molecule has 144 valence electrons. The molecule has 0 spiro atoms. The van der Waals surface area contributed by atoms with Crippen molar-refractivity contribution in [3.8, 4) is 0 Å². The maximum atomic E-state index is 11.7. The number of rotatable bonds is 6. The summed E-state index contributed by atoms with van der Waals surface area (Å²) in [5.41, 5.74) is 2.12. The van der Waals surface area contributed by atoms with Crippen LogP contribution in [0.25, 0.3) is 0 Å². The number of nitrogens with zero attached hydrogens (tertiary/aromatic N) is 2. The van der Waals surface area contributed by atoms with E-state index >= 15 is 0 Å². The van der Waals surface area contributed by atoms with Crippen LogP contribution in [0, 0.1) is 0 Å². The summed E-state index contributed by atoms with van der Waals surface area (Å²) in [6.45, 7) is 4.48. The van der Waals surface area contributed by atoms with E-state index in [1.54, 1.807) is 12.1 Å². The number of piperazine rings is 1. The van der Waals surface area contributed by atoms with E-state index in [4.69, 9.17) is 0 Å². The number of carbonyl (C=O) groups is 1. The zero-order valence-electron chi connectivity index (χ0n) is 15.1. The van der Waals surface area contributed by atoms with E-state index in [0.717, 1.165) is 18.8 Å². The van der Waals surface area contributed by atoms with Crippen LogP contribution in [0.3, 0.4) is 0 Å². The Morgan fingerprint density at radius 1 is 1.04 bits per heavy atom. The van der Waals surface area contributed by atoms with Crippen LogP contribution in [-0.2, 0) is 10.0 Å². The van der Waals surface area contributed by atoms with Gasteiger partial charge in [0.2, 0.25) is 10.0 Å². The zero-order valence-corrected chi connectivity index (χ0v) is 15.9. The Bertz CT molecular complexity index is 908. The number of benzene rings is 2. The molecule has 0 saturated carbocycles. The van der Waals surface area contributed by atoms with Crippen molar-refractivity contribution < 1.29 is 18.3 Å². The van der Waals surface area contributed by atoms with Crippen molar-refractivity contribution in [3.63, 3.8) is 0 Å².